The summed E-state index contributed by atoms with van der Waals surface area (Å²) >= 11 is 0. The predicted octanol–water partition coefficient (Wildman–Crippen LogP) is 3.01. The maximum absolute atomic E-state index is 12.2. The number of carbonyl (C=O) groups is 2. The van der Waals surface area contributed by atoms with E-state index in [0.717, 1.165) is 16.3 Å². The fourth-order valence-electron chi connectivity index (χ4n) is 3.12. The summed E-state index contributed by atoms with van der Waals surface area (Å²) in [7, 11) is 0. The zero-order valence-corrected chi connectivity index (χ0v) is 13.3. The summed E-state index contributed by atoms with van der Waals surface area (Å²) in [6.07, 6.45) is -6.05. The molecule has 0 aromatic heterocycles. The minimum absolute atomic E-state index is 0.0222. The molecule has 0 aliphatic carbocycles. The molecule has 2 amide bonds. The molecule has 2 aromatic rings. The topological polar surface area (TPSA) is 49.4 Å². The Morgan fingerprint density at radius 1 is 1.16 bits per heavy atom. The lowest BCUT2D eigenvalue weighted by molar-refractivity contribution is -0.154. The van der Waals surface area contributed by atoms with Gasteiger partial charge in [-0.1, -0.05) is 42.5 Å². The van der Waals surface area contributed by atoms with Crippen molar-refractivity contribution >= 4 is 22.6 Å². The third-order valence-electron chi connectivity index (χ3n) is 4.18. The van der Waals surface area contributed by atoms with E-state index in [1.54, 1.807) is 4.90 Å². The summed E-state index contributed by atoms with van der Waals surface area (Å²) in [6.45, 7) is 0.581. The van der Waals surface area contributed by atoms with Crippen molar-refractivity contribution < 1.29 is 22.8 Å². The van der Waals surface area contributed by atoms with Crippen LogP contribution >= 0.6 is 0 Å². The molecule has 0 unspecified atom stereocenters. The van der Waals surface area contributed by atoms with Gasteiger partial charge in [-0.25, -0.2) is 0 Å². The zero-order valence-electron chi connectivity index (χ0n) is 13.3. The Bertz CT molecular complexity index is 799. The van der Waals surface area contributed by atoms with Crippen molar-refractivity contribution in [3.8, 4) is 0 Å². The van der Waals surface area contributed by atoms with Crippen LogP contribution in [-0.2, 0) is 16.1 Å². The Labute approximate surface area is 142 Å². The van der Waals surface area contributed by atoms with Crippen LogP contribution in [0.1, 0.15) is 18.4 Å². The van der Waals surface area contributed by atoms with Crippen LogP contribution in [-0.4, -0.2) is 35.5 Å². The molecule has 1 heterocycles. The summed E-state index contributed by atoms with van der Waals surface area (Å²) in [5, 5.41) is 4.38. The van der Waals surface area contributed by atoms with Gasteiger partial charge in [0.25, 0.3) is 0 Å². The SMILES string of the molecule is O=C(CC(F)(F)F)N[C@@H]1CC(=O)N(Cc2cccc3ccccc23)C1. The lowest BCUT2D eigenvalue weighted by Gasteiger charge is -2.18. The standard InChI is InChI=1S/C18H17F3N2O2/c19-18(20,21)9-16(24)22-14-8-17(25)23(11-14)10-13-6-3-5-12-4-1-2-7-15(12)13/h1-7,14H,8-11H2,(H,22,24)/t14-/m1/s1. The van der Waals surface area contributed by atoms with Gasteiger partial charge in [0, 0.05) is 19.5 Å². The second-order valence-corrected chi connectivity index (χ2v) is 6.17. The Balaban J connectivity index is 1.66. The Morgan fingerprint density at radius 2 is 1.88 bits per heavy atom. The molecule has 3 rings (SSSR count). The minimum Gasteiger partial charge on any atom is -0.351 e. The molecule has 1 aliphatic heterocycles. The van der Waals surface area contributed by atoms with Crippen LogP contribution < -0.4 is 5.32 Å². The average molecular weight is 350 g/mol. The van der Waals surface area contributed by atoms with Gasteiger partial charge in [-0.3, -0.25) is 9.59 Å². The number of nitrogens with zero attached hydrogens (tertiary/aromatic N) is 1. The molecule has 25 heavy (non-hydrogen) atoms. The van der Waals surface area contributed by atoms with Gasteiger partial charge in [0.1, 0.15) is 6.42 Å². The van der Waals surface area contributed by atoms with Crippen molar-refractivity contribution in [1.82, 2.24) is 10.2 Å². The Kier molecular flexibility index (Phi) is 4.65. The van der Waals surface area contributed by atoms with Crippen LogP contribution in [0, 0.1) is 0 Å². The first kappa shape index (κ1) is 17.3. The lowest BCUT2D eigenvalue weighted by Crippen LogP contribution is -2.38. The van der Waals surface area contributed by atoms with E-state index in [1.165, 1.54) is 0 Å². The first-order valence-corrected chi connectivity index (χ1v) is 7.92. The van der Waals surface area contributed by atoms with Crippen molar-refractivity contribution in [3.63, 3.8) is 0 Å². The highest BCUT2D eigenvalue weighted by Crippen LogP contribution is 2.23. The van der Waals surface area contributed by atoms with Crippen LogP contribution in [0.15, 0.2) is 42.5 Å². The fourth-order valence-corrected chi connectivity index (χ4v) is 3.12. The number of fused-ring (bicyclic) bond motifs is 1. The molecule has 0 saturated carbocycles. The highest BCUT2D eigenvalue weighted by atomic mass is 19.4. The van der Waals surface area contributed by atoms with Gasteiger partial charge < -0.3 is 10.2 Å². The van der Waals surface area contributed by atoms with Gasteiger partial charge in [0.15, 0.2) is 0 Å². The highest BCUT2D eigenvalue weighted by molar-refractivity contribution is 5.87. The predicted molar refractivity (Wildman–Crippen MR) is 86.6 cm³/mol. The number of rotatable bonds is 4. The number of halogens is 3. The fraction of sp³-hybridized carbons (Fsp3) is 0.333. The largest absolute Gasteiger partial charge is 0.397 e. The highest BCUT2D eigenvalue weighted by Gasteiger charge is 2.35. The lowest BCUT2D eigenvalue weighted by atomic mass is 10.0. The van der Waals surface area contributed by atoms with E-state index < -0.39 is 24.5 Å². The first-order valence-electron chi connectivity index (χ1n) is 7.92. The molecule has 132 valence electrons. The molecule has 0 spiro atoms. The van der Waals surface area contributed by atoms with Gasteiger partial charge in [0.05, 0.1) is 6.04 Å². The van der Waals surface area contributed by atoms with Crippen molar-refractivity contribution in [2.45, 2.75) is 31.6 Å². The molecule has 0 radical (unpaired) electrons. The molecule has 2 aromatic carbocycles. The van der Waals surface area contributed by atoms with Gasteiger partial charge >= 0.3 is 6.18 Å². The molecule has 1 aliphatic rings. The number of carbonyl (C=O) groups excluding carboxylic acids is 2. The van der Waals surface area contributed by atoms with Crippen LogP contribution in [0.4, 0.5) is 13.2 Å². The molecule has 0 bridgehead atoms. The van der Waals surface area contributed by atoms with E-state index in [1.807, 2.05) is 42.5 Å². The van der Waals surface area contributed by atoms with Gasteiger partial charge in [-0.05, 0) is 16.3 Å². The summed E-state index contributed by atoms with van der Waals surface area (Å²) in [5.41, 5.74) is 0.966. The molecule has 1 N–H and O–H groups in total. The molecular weight excluding hydrogens is 333 g/mol. The number of benzene rings is 2. The number of alkyl halides is 3. The number of hydrogen-bond donors (Lipinski definition) is 1. The van der Waals surface area contributed by atoms with Crippen LogP contribution in [0.5, 0.6) is 0 Å². The number of likely N-dealkylation sites (tertiary alicyclic amines) is 1. The van der Waals surface area contributed by atoms with E-state index in [-0.39, 0.29) is 18.9 Å². The van der Waals surface area contributed by atoms with Crippen molar-refractivity contribution in [2.75, 3.05) is 6.54 Å². The Hall–Kier alpha value is -2.57. The normalized spacial score (nSPS) is 18.0. The summed E-state index contributed by atoms with van der Waals surface area (Å²) in [6, 6.07) is 13.0. The number of hydrogen-bond acceptors (Lipinski definition) is 2. The third-order valence-corrected chi connectivity index (χ3v) is 4.18. The maximum Gasteiger partial charge on any atom is 0.397 e. The molecule has 7 heteroatoms. The van der Waals surface area contributed by atoms with Gasteiger partial charge in [-0.2, -0.15) is 13.2 Å². The van der Waals surface area contributed by atoms with Crippen molar-refractivity contribution in [2.24, 2.45) is 0 Å². The smallest absolute Gasteiger partial charge is 0.351 e. The summed E-state index contributed by atoms with van der Waals surface area (Å²) in [4.78, 5) is 25.1. The molecule has 4 nitrogen and oxygen atoms in total. The van der Waals surface area contributed by atoms with Crippen molar-refractivity contribution in [1.29, 1.82) is 0 Å². The van der Waals surface area contributed by atoms with E-state index in [4.69, 9.17) is 0 Å². The van der Waals surface area contributed by atoms with E-state index in [2.05, 4.69) is 5.32 Å². The summed E-state index contributed by atoms with van der Waals surface area (Å²) in [5.74, 6) is -1.28. The maximum atomic E-state index is 12.2. The first-order chi connectivity index (χ1) is 11.8. The third kappa shape index (κ3) is 4.29. The number of amides is 2. The summed E-state index contributed by atoms with van der Waals surface area (Å²) < 4.78 is 36.7. The van der Waals surface area contributed by atoms with Gasteiger partial charge in [0.2, 0.25) is 11.8 Å². The van der Waals surface area contributed by atoms with Crippen molar-refractivity contribution in [3.05, 3.63) is 48.0 Å². The molecular formula is C18H17F3N2O2. The monoisotopic (exact) mass is 350 g/mol. The molecule has 1 atom stereocenters. The number of nitrogens with one attached hydrogen (secondary N) is 1. The van der Waals surface area contributed by atoms with Gasteiger partial charge in [-0.15, -0.1) is 0 Å². The zero-order chi connectivity index (χ0) is 18.0. The second-order valence-electron chi connectivity index (χ2n) is 6.17. The van der Waals surface area contributed by atoms with E-state index in [9.17, 15) is 22.8 Å². The molecule has 1 fully saturated rings. The second kappa shape index (κ2) is 6.74. The van der Waals surface area contributed by atoms with Crippen LogP contribution in [0.3, 0.4) is 0 Å². The van der Waals surface area contributed by atoms with Crippen LogP contribution in [0.25, 0.3) is 10.8 Å². The van der Waals surface area contributed by atoms with E-state index in [0.29, 0.717) is 6.54 Å². The molecule has 1 saturated heterocycles. The average Bonchev–Trinajstić information content (AvgIpc) is 2.85. The Morgan fingerprint density at radius 3 is 2.64 bits per heavy atom. The van der Waals surface area contributed by atoms with E-state index >= 15 is 0 Å². The quantitative estimate of drug-likeness (QED) is 0.922. The van der Waals surface area contributed by atoms with Crippen LogP contribution in [0.2, 0.25) is 0 Å². The minimum atomic E-state index is -4.55.